The smallest absolute Gasteiger partial charge is 0.410 e. The van der Waals surface area contributed by atoms with Gasteiger partial charge >= 0.3 is 12.1 Å². The number of ether oxygens (including phenoxy) is 2. The molecule has 0 saturated carbocycles. The highest BCUT2D eigenvalue weighted by atomic mass is 32.2. The number of unbranched alkanes of at least 4 members (excludes halogenated alkanes) is 1. The lowest BCUT2D eigenvalue weighted by Gasteiger charge is -2.34. The number of nitrogens with two attached hydrogens (primary N) is 1. The highest BCUT2D eigenvalue weighted by Crippen LogP contribution is 2.25. The largest absolute Gasteiger partial charge is 0.458 e. The van der Waals surface area contributed by atoms with Crippen LogP contribution in [-0.2, 0) is 46.4 Å². The van der Waals surface area contributed by atoms with E-state index in [-0.39, 0.29) is 32.4 Å². The van der Waals surface area contributed by atoms with Crippen molar-refractivity contribution in [3.8, 4) is 0 Å². The molecule has 0 spiro atoms. The number of imide groups is 2. The zero-order valence-electron chi connectivity index (χ0n) is 30.6. The van der Waals surface area contributed by atoms with Gasteiger partial charge in [0, 0.05) is 37.3 Å². The molecular formula is C36H51N5O9S. The third-order valence-electron chi connectivity index (χ3n) is 8.06. The van der Waals surface area contributed by atoms with Crippen LogP contribution in [0.2, 0.25) is 0 Å². The Balaban J connectivity index is 1.87. The quantitative estimate of drug-likeness (QED) is 0.163. The van der Waals surface area contributed by atoms with E-state index in [4.69, 9.17) is 15.2 Å². The number of nitrogens with zero attached hydrogens (tertiary/aromatic N) is 3. The standard InChI is InChI=1S/C36H51N5O9S/c1-35(2,3)49-33(47)27(13-8-9-18-40-28(42)14-15-29(40)43)41(30(44)21-37)32(46)26(17-20-51-7)38-31(45)25-12-10-11-23-22-39(19-16-24(23)25)34(48)50-36(4,5)6/h10-12,14-15,26-27H,8-9,13,16-22,37H2,1-7H3,(H,38,45)/t26-,27-/m0/s1. The van der Waals surface area contributed by atoms with Gasteiger partial charge in [-0.3, -0.25) is 33.8 Å². The summed E-state index contributed by atoms with van der Waals surface area (Å²) in [6.07, 6.45) is 4.79. The second kappa shape index (κ2) is 17.8. The summed E-state index contributed by atoms with van der Waals surface area (Å²) in [5.74, 6) is -3.43. The molecule has 15 heteroatoms. The van der Waals surface area contributed by atoms with Crippen molar-refractivity contribution in [2.45, 2.75) is 103 Å². The Labute approximate surface area is 303 Å². The summed E-state index contributed by atoms with van der Waals surface area (Å²) in [5.41, 5.74) is 5.99. The van der Waals surface area contributed by atoms with Crippen LogP contribution in [-0.4, -0.2) is 111 Å². The molecule has 2 heterocycles. The van der Waals surface area contributed by atoms with Crippen LogP contribution in [0.4, 0.5) is 4.79 Å². The summed E-state index contributed by atoms with van der Waals surface area (Å²) in [5, 5.41) is 2.82. The van der Waals surface area contributed by atoms with Crippen LogP contribution in [0.3, 0.4) is 0 Å². The van der Waals surface area contributed by atoms with Gasteiger partial charge in [-0.15, -0.1) is 0 Å². The molecule has 2 aliphatic rings. The minimum Gasteiger partial charge on any atom is -0.458 e. The topological polar surface area (TPSA) is 186 Å². The van der Waals surface area contributed by atoms with Gasteiger partial charge in [-0.25, -0.2) is 9.59 Å². The van der Waals surface area contributed by atoms with Crippen LogP contribution in [0.1, 0.15) is 88.7 Å². The zero-order valence-corrected chi connectivity index (χ0v) is 31.4. The number of hydrogen-bond donors (Lipinski definition) is 2. The number of rotatable bonds is 14. The molecule has 3 N–H and O–H groups in total. The number of esters is 1. The molecule has 0 radical (unpaired) electrons. The first-order valence-corrected chi connectivity index (χ1v) is 18.5. The first kappa shape index (κ1) is 41.2. The molecule has 0 fully saturated rings. The lowest BCUT2D eigenvalue weighted by atomic mass is 9.94. The number of thioether (sulfide) groups is 1. The molecule has 1 aromatic carbocycles. The van der Waals surface area contributed by atoms with Crippen molar-refractivity contribution in [2.75, 3.05) is 31.6 Å². The fourth-order valence-electron chi connectivity index (χ4n) is 5.73. The number of carbonyl (C=O) groups is 7. The van der Waals surface area contributed by atoms with E-state index in [1.807, 2.05) is 12.3 Å². The van der Waals surface area contributed by atoms with Crippen LogP contribution in [0.15, 0.2) is 30.4 Å². The SMILES string of the molecule is CSCC[C@H](NC(=O)c1cccc2c1CCN(C(=O)OC(C)(C)C)C2)C(=O)N(C(=O)CN)[C@@H](CCCCN1C(=O)C=CC1=O)C(=O)OC(C)(C)C. The molecular weight excluding hydrogens is 678 g/mol. The average molecular weight is 730 g/mol. The van der Waals surface area contributed by atoms with Gasteiger partial charge in [0.15, 0.2) is 0 Å². The van der Waals surface area contributed by atoms with Crippen molar-refractivity contribution in [3.05, 3.63) is 47.0 Å². The normalized spacial score (nSPS) is 15.6. The van der Waals surface area contributed by atoms with E-state index in [0.717, 1.165) is 20.9 Å². The van der Waals surface area contributed by atoms with Crippen LogP contribution >= 0.6 is 11.8 Å². The number of fused-ring (bicyclic) bond motifs is 1. The maximum Gasteiger partial charge on any atom is 0.410 e. The molecule has 3 rings (SSSR count). The number of hydrogen-bond acceptors (Lipinski definition) is 11. The second-order valence-corrected chi connectivity index (χ2v) is 15.4. The molecule has 14 nitrogen and oxygen atoms in total. The number of benzene rings is 1. The fraction of sp³-hybridized carbons (Fsp3) is 0.583. The Bertz CT molecular complexity index is 1510. The summed E-state index contributed by atoms with van der Waals surface area (Å²) in [6, 6.07) is 2.60. The maximum absolute atomic E-state index is 14.3. The minimum absolute atomic E-state index is 0.0282. The predicted octanol–water partition coefficient (Wildman–Crippen LogP) is 2.95. The lowest BCUT2D eigenvalue weighted by Crippen LogP contribution is -2.58. The van der Waals surface area contributed by atoms with Crippen LogP contribution in [0, 0.1) is 0 Å². The molecule has 0 aromatic heterocycles. The fourth-order valence-corrected chi connectivity index (χ4v) is 6.20. The zero-order chi connectivity index (χ0) is 38.1. The summed E-state index contributed by atoms with van der Waals surface area (Å²) < 4.78 is 11.2. The van der Waals surface area contributed by atoms with E-state index in [0.29, 0.717) is 30.7 Å². The van der Waals surface area contributed by atoms with Gasteiger partial charge in [0.1, 0.15) is 23.3 Å². The second-order valence-electron chi connectivity index (χ2n) is 14.4. The van der Waals surface area contributed by atoms with E-state index in [9.17, 15) is 33.6 Å². The Morgan fingerprint density at radius 3 is 2.20 bits per heavy atom. The maximum atomic E-state index is 14.3. The van der Waals surface area contributed by atoms with Crippen molar-refractivity contribution in [3.63, 3.8) is 0 Å². The Morgan fingerprint density at radius 2 is 1.61 bits per heavy atom. The van der Waals surface area contributed by atoms with E-state index in [2.05, 4.69) is 5.32 Å². The van der Waals surface area contributed by atoms with E-state index in [1.165, 1.54) is 23.9 Å². The average Bonchev–Trinajstić information content (AvgIpc) is 3.37. The monoisotopic (exact) mass is 729 g/mol. The molecule has 2 aliphatic heterocycles. The van der Waals surface area contributed by atoms with Crippen LogP contribution in [0.25, 0.3) is 0 Å². The number of nitrogens with one attached hydrogen (secondary N) is 1. The Hall–Kier alpha value is -4.24. The van der Waals surface area contributed by atoms with Gasteiger partial charge in [0.05, 0.1) is 6.54 Å². The molecule has 6 amide bonds. The van der Waals surface area contributed by atoms with Crippen molar-refractivity contribution in [2.24, 2.45) is 5.73 Å². The summed E-state index contributed by atoms with van der Waals surface area (Å²) >= 11 is 1.44. The van der Waals surface area contributed by atoms with Crippen molar-refractivity contribution in [1.82, 2.24) is 20.0 Å². The Morgan fingerprint density at radius 1 is 0.961 bits per heavy atom. The summed E-state index contributed by atoms with van der Waals surface area (Å²) in [6.45, 7) is 10.4. The van der Waals surface area contributed by atoms with Crippen molar-refractivity contribution >= 4 is 53.4 Å². The number of carbonyl (C=O) groups excluding carboxylic acids is 7. The van der Waals surface area contributed by atoms with E-state index >= 15 is 0 Å². The van der Waals surface area contributed by atoms with Gasteiger partial charge in [-0.2, -0.15) is 11.8 Å². The summed E-state index contributed by atoms with van der Waals surface area (Å²) in [4.78, 5) is 95.4. The first-order valence-electron chi connectivity index (χ1n) is 17.1. The molecule has 2 atom stereocenters. The van der Waals surface area contributed by atoms with Crippen LogP contribution in [0.5, 0.6) is 0 Å². The van der Waals surface area contributed by atoms with Crippen LogP contribution < -0.4 is 11.1 Å². The van der Waals surface area contributed by atoms with Gasteiger partial charge in [0.25, 0.3) is 23.6 Å². The highest BCUT2D eigenvalue weighted by Gasteiger charge is 2.40. The van der Waals surface area contributed by atoms with Crippen molar-refractivity contribution in [1.29, 1.82) is 0 Å². The van der Waals surface area contributed by atoms with Gasteiger partial charge in [-0.1, -0.05) is 12.1 Å². The van der Waals surface area contributed by atoms with E-state index in [1.54, 1.807) is 58.6 Å². The minimum atomic E-state index is -1.38. The predicted molar refractivity (Wildman–Crippen MR) is 191 cm³/mol. The molecule has 0 unspecified atom stereocenters. The molecule has 280 valence electrons. The van der Waals surface area contributed by atoms with E-state index < -0.39 is 71.4 Å². The first-order chi connectivity index (χ1) is 23.9. The molecule has 0 aliphatic carbocycles. The number of amides is 6. The lowest BCUT2D eigenvalue weighted by molar-refractivity contribution is -0.169. The third kappa shape index (κ3) is 11.6. The molecule has 1 aromatic rings. The van der Waals surface area contributed by atoms with Gasteiger partial charge in [-0.05, 0) is 103 Å². The summed E-state index contributed by atoms with van der Waals surface area (Å²) in [7, 11) is 0. The molecule has 0 saturated heterocycles. The van der Waals surface area contributed by atoms with Gasteiger partial charge < -0.3 is 25.4 Å². The Kier molecular flexibility index (Phi) is 14.4. The third-order valence-corrected chi connectivity index (χ3v) is 8.70. The highest BCUT2D eigenvalue weighted by molar-refractivity contribution is 7.98. The van der Waals surface area contributed by atoms with Crippen molar-refractivity contribution < 1.29 is 43.0 Å². The van der Waals surface area contributed by atoms with Gasteiger partial charge in [0.2, 0.25) is 5.91 Å². The molecule has 0 bridgehead atoms. The molecule has 51 heavy (non-hydrogen) atoms.